The number of allylic oxidation sites excluding steroid dienone is 3. The Hall–Kier alpha value is -7.05. The van der Waals surface area contributed by atoms with Crippen molar-refractivity contribution in [2.45, 2.75) is 121 Å². The first-order valence-electron chi connectivity index (χ1n) is 30.7. The molecule has 3 aliphatic carbocycles. The summed E-state index contributed by atoms with van der Waals surface area (Å²) in [6, 6.07) is 19.8. The average Bonchev–Trinajstić information content (AvgIpc) is 1.51. The van der Waals surface area contributed by atoms with Gasteiger partial charge in [-0.2, -0.15) is 127 Å². The van der Waals surface area contributed by atoms with Gasteiger partial charge in [0.2, 0.25) is 5.90 Å². The molecule has 4 aliphatic rings. The maximum absolute atomic E-state index is 14.2. The van der Waals surface area contributed by atoms with E-state index in [1.807, 2.05) is 0 Å². The monoisotopic (exact) mass is 1640 g/mol. The van der Waals surface area contributed by atoms with Gasteiger partial charge in [-0.15, -0.1) is 0 Å². The predicted molar refractivity (Wildman–Crippen MR) is 334 cm³/mol. The SMILES string of the molecule is Cc1ccccc1P(C1=CCC[C@@]12CCC=C2C1=N[C@@H](c2ccccc2)CO1)c1ccccc1C.FC(F)(F)c1cc([B-](c2cc(C(F)(F)F)cc(C(F)(F)F)c2)(c2cc(C(F)(F)F)cc(C(F)(F)F)c2)c2cc(C(F)(F)F)cc(C(F)(F)F)c2)cc(C(F)(F)F)c1.[CH]1[CH]CC[CH][CH]CC1.[Ir]. The summed E-state index contributed by atoms with van der Waals surface area (Å²) in [4.78, 5) is 5.14. The zero-order valence-electron chi connectivity index (χ0n) is 52.6. The van der Waals surface area contributed by atoms with Gasteiger partial charge in [0.25, 0.3) is 0 Å². The predicted octanol–water partition coefficient (Wildman–Crippen LogP) is 20.9. The van der Waals surface area contributed by atoms with Gasteiger partial charge in [0, 0.05) is 31.1 Å². The second kappa shape index (κ2) is 30.3. The zero-order valence-corrected chi connectivity index (χ0v) is 55.9. The first kappa shape index (κ1) is 79.7. The van der Waals surface area contributed by atoms with Crippen molar-refractivity contribution >= 4 is 52.4 Å². The number of aliphatic imine (C=N–C) groups is 1. The normalized spacial score (nSPS) is 18.1. The fourth-order valence-corrected chi connectivity index (χ4v) is 16.2. The molecular weight excluding hydrogens is 1580 g/mol. The second-order valence-electron chi connectivity index (χ2n) is 24.3. The number of nitrogens with zero attached hydrogens (tertiary/aromatic N) is 1. The van der Waals surface area contributed by atoms with Gasteiger partial charge in [-0.05, 0) is 156 Å². The molecule has 1 saturated carbocycles. The van der Waals surface area contributed by atoms with Gasteiger partial charge in [-0.3, -0.25) is 0 Å². The van der Waals surface area contributed by atoms with Crippen LogP contribution in [0, 0.1) is 44.9 Å². The quantitative estimate of drug-likeness (QED) is 0.0802. The van der Waals surface area contributed by atoms with Crippen LogP contribution in [0.2, 0.25) is 0 Å². The van der Waals surface area contributed by atoms with E-state index in [4.69, 9.17) is 9.73 Å². The van der Waals surface area contributed by atoms with Crippen molar-refractivity contribution in [1.82, 2.24) is 0 Å². The summed E-state index contributed by atoms with van der Waals surface area (Å²) in [5.74, 6) is 0.883. The molecule has 1 aliphatic heterocycles. The van der Waals surface area contributed by atoms with Crippen LogP contribution in [0.3, 0.4) is 0 Å². The first-order valence-corrected chi connectivity index (χ1v) is 32.0. The Morgan fingerprint density at radius 3 is 0.960 bits per heavy atom. The van der Waals surface area contributed by atoms with E-state index in [1.54, 1.807) is 5.31 Å². The molecule has 5 radical (unpaired) electrons. The van der Waals surface area contributed by atoms with Gasteiger partial charge >= 0.3 is 49.4 Å². The van der Waals surface area contributed by atoms with E-state index in [0.717, 1.165) is 31.6 Å². The molecule has 0 amide bonds. The smallest absolute Gasteiger partial charge is 0.416 e. The Morgan fingerprint density at radius 2 is 0.663 bits per heavy atom. The molecule has 11 rings (SSSR count). The van der Waals surface area contributed by atoms with Crippen molar-refractivity contribution in [1.29, 1.82) is 0 Å². The number of ether oxygens (including phenoxy) is 1. The molecule has 1 heterocycles. The van der Waals surface area contributed by atoms with Crippen molar-refractivity contribution in [3.8, 4) is 0 Å². The van der Waals surface area contributed by atoms with E-state index in [2.05, 4.69) is 131 Å². The van der Waals surface area contributed by atoms with Crippen molar-refractivity contribution in [2.75, 3.05) is 6.61 Å². The minimum absolute atomic E-state index is 0. The molecule has 0 N–H and O–H groups in total. The van der Waals surface area contributed by atoms with Crippen molar-refractivity contribution in [2.24, 2.45) is 10.4 Å². The van der Waals surface area contributed by atoms with E-state index in [0.29, 0.717) is 6.61 Å². The molecule has 1 fully saturated rings. The molecule has 101 heavy (non-hydrogen) atoms. The van der Waals surface area contributed by atoms with Crippen molar-refractivity contribution < 1.29 is 130 Å². The molecule has 0 bridgehead atoms. The van der Waals surface area contributed by atoms with Gasteiger partial charge in [0.1, 0.15) is 18.8 Å². The third kappa shape index (κ3) is 18.1. The Balaban J connectivity index is 0.000000247. The van der Waals surface area contributed by atoms with Crippen LogP contribution in [-0.4, -0.2) is 18.7 Å². The summed E-state index contributed by atoms with van der Waals surface area (Å²) in [6.45, 7) is 5.17. The molecular formula is C72H56BF24IrNOP-. The van der Waals surface area contributed by atoms with Crippen molar-refractivity contribution in [3.63, 3.8) is 0 Å². The number of halogens is 24. The van der Waals surface area contributed by atoms with Gasteiger partial charge in [0.05, 0.1) is 44.5 Å². The fraction of sp³-hybridized carbons (Fsp3) is 0.292. The molecule has 1 spiro atoms. The molecule has 541 valence electrons. The number of hydrogen-bond donors (Lipinski definition) is 0. The Morgan fingerprint density at radius 1 is 0.376 bits per heavy atom. The Kier molecular flexibility index (Phi) is 23.9. The van der Waals surface area contributed by atoms with Crippen LogP contribution in [0.1, 0.15) is 119 Å². The second-order valence-corrected chi connectivity index (χ2v) is 26.4. The largest absolute Gasteiger partial charge is 0.475 e. The van der Waals surface area contributed by atoms with Crippen LogP contribution in [0.5, 0.6) is 0 Å². The molecule has 2 atom stereocenters. The van der Waals surface area contributed by atoms with E-state index >= 15 is 0 Å². The van der Waals surface area contributed by atoms with E-state index in [1.165, 1.54) is 58.6 Å². The topological polar surface area (TPSA) is 21.6 Å². The Bertz CT molecular complexity index is 3650. The summed E-state index contributed by atoms with van der Waals surface area (Å²) < 4.78 is 347. The van der Waals surface area contributed by atoms with Gasteiger partial charge in [-0.25, -0.2) is 4.99 Å². The molecule has 2 nitrogen and oxygen atoms in total. The van der Waals surface area contributed by atoms with E-state index in [9.17, 15) is 105 Å². The van der Waals surface area contributed by atoms with E-state index in [-0.39, 0.29) is 31.6 Å². The number of rotatable bonds is 9. The maximum atomic E-state index is 14.2. The number of aryl methyl sites for hydroxylation is 2. The molecule has 29 heteroatoms. The van der Waals surface area contributed by atoms with Crippen LogP contribution >= 0.6 is 7.92 Å². The number of alkyl halides is 24. The standard InChI is InChI=1S/C32H12BF24.C32H32NOP.C8H12.Ir/c34-25(35,36)13-1-14(26(37,38)39)6-21(5-13)33(22-7-15(27(40,41)42)2-16(8-22)28(43,44)45,23-9-17(29(46,47)48)3-18(10-23)30(49,50)51)24-11-19(31(52,53)54)4-20(12-24)32(55,56)57;1-23-12-6-8-17-28(23)35(29-18-9-7-13-24(29)2)30-19-11-21-32(30)20-10-16-26(32)31-33-27(22-34-31)25-14-4-3-5-15-25;1-2-4-6-8-7-5-3-1;/h1-12H;3-9,12-19,27H,10-11,20-22H2,1-2H3;1-2,7-8H,3-6H2;/q-1;;;/t;27-,32-;;/m.1../s1. The molecule has 0 saturated heterocycles. The average molecular weight is 1640 g/mol. The number of benzene rings is 7. The number of hydrogen-bond acceptors (Lipinski definition) is 2. The third-order valence-corrected chi connectivity index (χ3v) is 20.7. The summed E-state index contributed by atoms with van der Waals surface area (Å²) >= 11 is 0. The minimum Gasteiger partial charge on any atom is -0.475 e. The van der Waals surface area contributed by atoms with Gasteiger partial charge < -0.3 is 4.74 Å². The fourth-order valence-electron chi connectivity index (χ4n) is 13.0. The van der Waals surface area contributed by atoms with Crippen LogP contribution < -0.4 is 32.5 Å². The Labute approximate surface area is 579 Å². The van der Waals surface area contributed by atoms with Crippen LogP contribution in [0.25, 0.3) is 0 Å². The zero-order chi connectivity index (χ0) is 73.4. The third-order valence-electron chi connectivity index (χ3n) is 17.6. The summed E-state index contributed by atoms with van der Waals surface area (Å²) in [6.07, 6.45) is -31.3. The van der Waals surface area contributed by atoms with Gasteiger partial charge in [0.15, 0.2) is 0 Å². The first-order chi connectivity index (χ1) is 46.4. The van der Waals surface area contributed by atoms with Crippen LogP contribution in [-0.2, 0) is 74.3 Å². The molecule has 0 aromatic heterocycles. The minimum atomic E-state index is -6.13. The van der Waals surface area contributed by atoms with Crippen LogP contribution in [0.4, 0.5) is 105 Å². The van der Waals surface area contributed by atoms with Gasteiger partial charge in [-0.1, -0.05) is 140 Å². The van der Waals surface area contributed by atoms with E-state index < -0.39 is 203 Å². The van der Waals surface area contributed by atoms with Crippen molar-refractivity contribution in [3.05, 3.63) is 262 Å². The molecule has 0 unspecified atom stereocenters. The summed E-state index contributed by atoms with van der Waals surface area (Å²) in [5.41, 5.74) is -24.8. The summed E-state index contributed by atoms with van der Waals surface area (Å²) in [7, 11) is -0.639. The summed E-state index contributed by atoms with van der Waals surface area (Å²) in [5, 5.41) is 4.56. The molecule has 7 aromatic rings. The maximum Gasteiger partial charge on any atom is 0.416 e. The van der Waals surface area contributed by atoms with Crippen LogP contribution in [0.15, 0.2) is 180 Å². The molecule has 7 aromatic carbocycles.